The van der Waals surface area contributed by atoms with Gasteiger partial charge in [0.05, 0.1) is 0 Å². The van der Waals surface area contributed by atoms with Gasteiger partial charge in [-0.3, -0.25) is 9.88 Å². The molecule has 0 aromatic carbocycles. The fourth-order valence-corrected chi connectivity index (χ4v) is 2.61. The van der Waals surface area contributed by atoms with E-state index in [0.29, 0.717) is 18.0 Å². The predicted molar refractivity (Wildman–Crippen MR) is 78.6 cm³/mol. The van der Waals surface area contributed by atoms with Crippen LogP contribution in [-0.4, -0.2) is 22.0 Å². The Morgan fingerprint density at radius 3 is 2.44 bits per heavy atom. The lowest BCUT2D eigenvalue weighted by molar-refractivity contribution is 0.0958. The van der Waals surface area contributed by atoms with Crippen molar-refractivity contribution in [3.63, 3.8) is 0 Å². The molecule has 1 aromatic rings. The first-order valence-corrected chi connectivity index (χ1v) is 7.28. The Labute approximate surface area is 112 Å². The lowest BCUT2D eigenvalue weighted by Crippen LogP contribution is -2.47. The van der Waals surface area contributed by atoms with E-state index in [1.807, 2.05) is 26.1 Å². The van der Waals surface area contributed by atoms with E-state index in [0.717, 1.165) is 13.0 Å². The first kappa shape index (κ1) is 15.2. The van der Waals surface area contributed by atoms with Gasteiger partial charge in [-0.2, -0.15) is 0 Å². The molecule has 0 bridgehead atoms. The molecule has 2 rings (SSSR count). The molecule has 1 aromatic heterocycles. The van der Waals surface area contributed by atoms with Crippen LogP contribution in [0.15, 0.2) is 18.3 Å². The molecule has 0 aliphatic carbocycles. The van der Waals surface area contributed by atoms with Crippen molar-refractivity contribution in [1.29, 1.82) is 0 Å². The van der Waals surface area contributed by atoms with Gasteiger partial charge in [0.25, 0.3) is 0 Å². The molecule has 0 saturated heterocycles. The number of hydrogen-bond acceptors (Lipinski definition) is 2. The number of pyridine rings is 1. The molecule has 0 saturated carbocycles. The summed E-state index contributed by atoms with van der Waals surface area (Å²) in [6.07, 6.45) is 3.02. The summed E-state index contributed by atoms with van der Waals surface area (Å²) >= 11 is 0. The Balaban J connectivity index is 0.000000771. The molecule has 1 aliphatic heterocycles. The molecular weight excluding hydrogens is 220 g/mol. The molecule has 0 fully saturated rings. The van der Waals surface area contributed by atoms with Gasteiger partial charge >= 0.3 is 0 Å². The molecule has 1 aliphatic rings. The average molecular weight is 248 g/mol. The van der Waals surface area contributed by atoms with Crippen molar-refractivity contribution in [3.05, 3.63) is 29.6 Å². The summed E-state index contributed by atoms with van der Waals surface area (Å²) in [6.45, 7) is 14.3. The maximum atomic E-state index is 4.52. The first-order chi connectivity index (χ1) is 8.59. The van der Waals surface area contributed by atoms with Crippen molar-refractivity contribution in [2.24, 2.45) is 5.92 Å². The van der Waals surface area contributed by atoms with Gasteiger partial charge in [0, 0.05) is 36.9 Å². The van der Waals surface area contributed by atoms with Crippen LogP contribution in [0.1, 0.15) is 52.8 Å². The first-order valence-electron chi connectivity index (χ1n) is 7.28. The monoisotopic (exact) mass is 248 g/mol. The Morgan fingerprint density at radius 2 is 1.89 bits per heavy atom. The van der Waals surface area contributed by atoms with Gasteiger partial charge in [0.2, 0.25) is 0 Å². The van der Waals surface area contributed by atoms with E-state index >= 15 is 0 Å². The maximum Gasteiger partial charge on any atom is 0.0464 e. The molecule has 18 heavy (non-hydrogen) atoms. The quantitative estimate of drug-likeness (QED) is 0.789. The van der Waals surface area contributed by atoms with Crippen molar-refractivity contribution < 1.29 is 0 Å². The highest BCUT2D eigenvalue weighted by atomic mass is 15.2. The minimum atomic E-state index is 0.612. The third-order valence-electron chi connectivity index (χ3n) is 3.60. The molecule has 0 N–H and O–H groups in total. The van der Waals surface area contributed by atoms with Crippen LogP contribution in [0.4, 0.5) is 0 Å². The fraction of sp³-hybridized carbons (Fsp3) is 0.688. The average Bonchev–Trinajstić information content (AvgIpc) is 2.39. The smallest absolute Gasteiger partial charge is 0.0464 e. The summed E-state index contributed by atoms with van der Waals surface area (Å²) in [5.41, 5.74) is 2.71. The molecule has 0 amide bonds. The third kappa shape index (κ3) is 3.32. The van der Waals surface area contributed by atoms with Crippen LogP contribution in [0.3, 0.4) is 0 Å². The molecule has 0 spiro atoms. The summed E-state index contributed by atoms with van der Waals surface area (Å²) < 4.78 is 0. The number of nitrogens with zero attached hydrogens (tertiary/aromatic N) is 2. The van der Waals surface area contributed by atoms with Crippen LogP contribution >= 0.6 is 0 Å². The van der Waals surface area contributed by atoms with E-state index in [1.54, 1.807) is 0 Å². The highest BCUT2D eigenvalue weighted by molar-refractivity contribution is 5.23. The predicted octanol–water partition coefficient (Wildman–Crippen LogP) is 3.90. The van der Waals surface area contributed by atoms with E-state index in [1.165, 1.54) is 11.3 Å². The van der Waals surface area contributed by atoms with Gasteiger partial charge < -0.3 is 0 Å². The van der Waals surface area contributed by atoms with Crippen LogP contribution in [0.2, 0.25) is 0 Å². The Hall–Kier alpha value is -0.890. The number of hydrogen-bond donors (Lipinski definition) is 0. The van der Waals surface area contributed by atoms with Crippen molar-refractivity contribution in [2.75, 3.05) is 0 Å². The molecule has 2 heteroatoms. The van der Waals surface area contributed by atoms with E-state index in [9.17, 15) is 0 Å². The fourth-order valence-electron chi connectivity index (χ4n) is 2.61. The van der Waals surface area contributed by atoms with Crippen molar-refractivity contribution >= 4 is 0 Å². The van der Waals surface area contributed by atoms with E-state index in [4.69, 9.17) is 0 Å². The maximum absolute atomic E-state index is 4.52. The Kier molecular flexibility index (Phi) is 5.80. The van der Waals surface area contributed by atoms with Crippen LogP contribution in [-0.2, 0) is 13.0 Å². The van der Waals surface area contributed by atoms with Gasteiger partial charge in [0.15, 0.2) is 0 Å². The number of rotatable bonds is 2. The normalized spacial score (nSPS) is 19.4. The lowest BCUT2D eigenvalue weighted by atomic mass is 9.90. The third-order valence-corrected chi connectivity index (χ3v) is 3.60. The Morgan fingerprint density at radius 1 is 1.22 bits per heavy atom. The molecule has 2 nitrogen and oxygen atoms in total. The highest BCUT2D eigenvalue weighted by Gasteiger charge is 2.30. The van der Waals surface area contributed by atoms with E-state index < -0.39 is 0 Å². The molecular formula is C16H28N2. The van der Waals surface area contributed by atoms with E-state index in [2.05, 4.69) is 43.6 Å². The molecule has 102 valence electrons. The second-order valence-electron chi connectivity index (χ2n) is 5.39. The van der Waals surface area contributed by atoms with Crippen LogP contribution in [0, 0.1) is 5.92 Å². The zero-order valence-electron chi connectivity index (χ0n) is 12.8. The van der Waals surface area contributed by atoms with Gasteiger partial charge in [-0.1, -0.05) is 33.8 Å². The summed E-state index contributed by atoms with van der Waals surface area (Å²) in [5.74, 6) is 0.692. The number of aromatic nitrogens is 1. The minimum absolute atomic E-state index is 0.612. The largest absolute Gasteiger partial charge is 0.293 e. The van der Waals surface area contributed by atoms with Crippen LogP contribution in [0.5, 0.6) is 0 Å². The molecule has 1 atom stereocenters. The zero-order chi connectivity index (χ0) is 13.7. The Bertz CT molecular complexity index is 323. The number of fused-ring (bicyclic) bond motifs is 1. The highest BCUT2D eigenvalue weighted by Crippen LogP contribution is 2.27. The van der Waals surface area contributed by atoms with Gasteiger partial charge in [-0.05, 0) is 31.4 Å². The summed E-state index contributed by atoms with van der Waals surface area (Å²) in [7, 11) is 0. The minimum Gasteiger partial charge on any atom is -0.293 e. The van der Waals surface area contributed by atoms with Gasteiger partial charge in [-0.25, -0.2) is 0 Å². The second kappa shape index (κ2) is 6.89. The summed E-state index contributed by atoms with van der Waals surface area (Å²) in [4.78, 5) is 7.12. The standard InChI is InChI=1S/C14H22N2.C2H6/c1-10(2)14-8-13-12(6-5-7-15-13)9-16(14)11(3)4;1-2/h5-7,10-11,14H,8-9H2,1-4H3;1-2H3. The molecule has 0 radical (unpaired) electrons. The van der Waals surface area contributed by atoms with Crippen molar-refractivity contribution in [2.45, 2.75) is 66.6 Å². The van der Waals surface area contributed by atoms with Crippen LogP contribution in [0.25, 0.3) is 0 Å². The van der Waals surface area contributed by atoms with Crippen molar-refractivity contribution in [1.82, 2.24) is 9.88 Å². The molecule has 2 heterocycles. The SMILES string of the molecule is CC.CC(C)C1Cc2ncccc2CN1C(C)C. The van der Waals surface area contributed by atoms with Gasteiger partial charge in [-0.15, -0.1) is 0 Å². The summed E-state index contributed by atoms with van der Waals surface area (Å²) in [6, 6.07) is 5.52. The second-order valence-corrected chi connectivity index (χ2v) is 5.39. The molecule has 1 unspecified atom stereocenters. The summed E-state index contributed by atoms with van der Waals surface area (Å²) in [5, 5.41) is 0. The lowest BCUT2D eigenvalue weighted by Gasteiger charge is -2.41. The topological polar surface area (TPSA) is 16.1 Å². The van der Waals surface area contributed by atoms with E-state index in [-0.39, 0.29) is 0 Å². The zero-order valence-corrected chi connectivity index (χ0v) is 12.8. The van der Waals surface area contributed by atoms with Gasteiger partial charge in [0.1, 0.15) is 0 Å². The van der Waals surface area contributed by atoms with Crippen LogP contribution < -0.4 is 0 Å². The van der Waals surface area contributed by atoms with Crippen molar-refractivity contribution in [3.8, 4) is 0 Å².